The number of rotatable bonds is 6. The zero-order chi connectivity index (χ0) is 21.9. The number of amides is 1. The van der Waals surface area contributed by atoms with Crippen LogP contribution in [0.2, 0.25) is 5.02 Å². The van der Waals surface area contributed by atoms with Crippen molar-refractivity contribution in [1.29, 1.82) is 0 Å². The van der Waals surface area contributed by atoms with Gasteiger partial charge in [-0.05, 0) is 48.0 Å². The van der Waals surface area contributed by atoms with Gasteiger partial charge in [0.15, 0.2) is 0 Å². The molecule has 0 fully saturated rings. The molecule has 5 nitrogen and oxygen atoms in total. The lowest BCUT2D eigenvalue weighted by atomic mass is 10.1. The van der Waals surface area contributed by atoms with E-state index in [9.17, 15) is 22.0 Å². The van der Waals surface area contributed by atoms with E-state index in [0.717, 1.165) is 22.7 Å². The molecule has 0 aromatic heterocycles. The van der Waals surface area contributed by atoms with Crippen LogP contribution in [-0.2, 0) is 16.6 Å². The number of hydrogen-bond donors (Lipinski definition) is 1. The van der Waals surface area contributed by atoms with Gasteiger partial charge in [-0.3, -0.25) is 9.10 Å². The first-order chi connectivity index (χ1) is 14.2. The van der Waals surface area contributed by atoms with Crippen LogP contribution in [0.3, 0.4) is 0 Å². The number of nitrogens with one attached hydrogen (secondary N) is 1. The molecule has 0 aliphatic rings. The first-order valence-electron chi connectivity index (χ1n) is 8.73. The molecule has 0 aliphatic heterocycles. The molecule has 0 aliphatic carbocycles. The second kappa shape index (κ2) is 8.81. The van der Waals surface area contributed by atoms with E-state index < -0.39 is 33.3 Å². The Morgan fingerprint density at radius 1 is 0.967 bits per heavy atom. The minimum Gasteiger partial charge on any atom is -0.317 e. The van der Waals surface area contributed by atoms with Crippen LogP contribution < -0.4 is 9.62 Å². The second-order valence-electron chi connectivity index (χ2n) is 6.46. The van der Waals surface area contributed by atoms with Crippen LogP contribution in [0.4, 0.5) is 20.2 Å². The van der Waals surface area contributed by atoms with E-state index in [1.54, 1.807) is 24.3 Å². The van der Waals surface area contributed by atoms with Crippen molar-refractivity contribution >= 4 is 38.9 Å². The Hall–Kier alpha value is -2.97. The molecule has 1 N–H and O–H groups in total. The highest BCUT2D eigenvalue weighted by Gasteiger charge is 2.20. The maximum absolute atomic E-state index is 13.7. The summed E-state index contributed by atoms with van der Waals surface area (Å²) in [6.07, 6.45) is 1.06. The van der Waals surface area contributed by atoms with Crippen LogP contribution in [0.1, 0.15) is 15.9 Å². The van der Waals surface area contributed by atoms with Crippen LogP contribution in [0, 0.1) is 11.6 Å². The molecular formula is C21H17ClF2N2O3S. The van der Waals surface area contributed by atoms with Crippen molar-refractivity contribution in [3.63, 3.8) is 0 Å². The topological polar surface area (TPSA) is 66.5 Å². The summed E-state index contributed by atoms with van der Waals surface area (Å²) in [7, 11) is -3.65. The zero-order valence-electron chi connectivity index (χ0n) is 15.8. The van der Waals surface area contributed by atoms with Gasteiger partial charge in [-0.1, -0.05) is 35.9 Å². The lowest BCUT2D eigenvalue weighted by Gasteiger charge is -2.23. The SMILES string of the molecule is CS(=O)(=O)N(Cc1ccccc1Cl)c1ccc(C(=O)Nc2c(F)cccc2F)cc1. The molecule has 3 aromatic carbocycles. The molecule has 1 amide bonds. The largest absolute Gasteiger partial charge is 0.317 e. The van der Waals surface area contributed by atoms with Gasteiger partial charge in [-0.25, -0.2) is 17.2 Å². The van der Waals surface area contributed by atoms with Crippen molar-refractivity contribution in [3.05, 3.63) is 94.5 Å². The predicted octanol–water partition coefficient (Wildman–Crippen LogP) is 4.84. The van der Waals surface area contributed by atoms with Gasteiger partial charge in [0.05, 0.1) is 18.5 Å². The lowest BCUT2D eigenvalue weighted by Crippen LogP contribution is -2.29. The average molecular weight is 451 g/mol. The van der Waals surface area contributed by atoms with Gasteiger partial charge in [0, 0.05) is 10.6 Å². The molecule has 30 heavy (non-hydrogen) atoms. The van der Waals surface area contributed by atoms with Crippen LogP contribution in [0.15, 0.2) is 66.7 Å². The number of carbonyl (C=O) groups excluding carboxylic acids is 1. The maximum atomic E-state index is 13.7. The van der Waals surface area contributed by atoms with Crippen molar-refractivity contribution in [2.75, 3.05) is 15.9 Å². The third kappa shape index (κ3) is 4.95. The smallest absolute Gasteiger partial charge is 0.255 e. The molecule has 0 bridgehead atoms. The zero-order valence-corrected chi connectivity index (χ0v) is 17.3. The number of nitrogens with zero attached hydrogens (tertiary/aromatic N) is 1. The minimum atomic E-state index is -3.65. The molecule has 0 radical (unpaired) electrons. The molecule has 3 rings (SSSR count). The molecule has 156 valence electrons. The standard InChI is InChI=1S/C21H17ClF2N2O3S/c1-30(28,29)26(13-15-5-2-3-6-17(15)22)16-11-9-14(10-12-16)21(27)25-20-18(23)7-4-8-19(20)24/h2-12H,13H2,1H3,(H,25,27). The van der Waals surface area contributed by atoms with Gasteiger partial charge in [-0.15, -0.1) is 0 Å². The Bertz CT molecular complexity index is 1160. The number of benzene rings is 3. The summed E-state index contributed by atoms with van der Waals surface area (Å²) in [5, 5.41) is 2.61. The quantitative estimate of drug-likeness (QED) is 0.584. The second-order valence-corrected chi connectivity index (χ2v) is 8.77. The fourth-order valence-electron chi connectivity index (χ4n) is 2.76. The number of sulfonamides is 1. The summed E-state index contributed by atoms with van der Waals surface area (Å²) < 4.78 is 53.2. The van der Waals surface area contributed by atoms with E-state index in [0.29, 0.717) is 16.3 Å². The van der Waals surface area contributed by atoms with E-state index in [2.05, 4.69) is 5.32 Å². The van der Waals surface area contributed by atoms with Crippen LogP contribution in [0.25, 0.3) is 0 Å². The Morgan fingerprint density at radius 3 is 2.13 bits per heavy atom. The van der Waals surface area contributed by atoms with Gasteiger partial charge < -0.3 is 5.32 Å². The molecule has 3 aromatic rings. The van der Waals surface area contributed by atoms with E-state index in [4.69, 9.17) is 11.6 Å². The summed E-state index contributed by atoms with van der Waals surface area (Å²) in [4.78, 5) is 12.3. The lowest BCUT2D eigenvalue weighted by molar-refractivity contribution is 0.102. The molecular weight excluding hydrogens is 434 g/mol. The number of anilines is 2. The number of carbonyl (C=O) groups is 1. The summed E-state index contributed by atoms with van der Waals surface area (Å²) in [6.45, 7) is 0.00445. The first kappa shape index (κ1) is 21.7. The third-order valence-electron chi connectivity index (χ3n) is 4.29. The van der Waals surface area contributed by atoms with Crippen molar-refractivity contribution in [2.45, 2.75) is 6.54 Å². The third-order valence-corrected chi connectivity index (χ3v) is 5.80. The molecule has 0 heterocycles. The Kier molecular flexibility index (Phi) is 6.38. The highest BCUT2D eigenvalue weighted by atomic mass is 35.5. The van der Waals surface area contributed by atoms with Gasteiger partial charge in [-0.2, -0.15) is 0 Å². The van der Waals surface area contributed by atoms with Crippen molar-refractivity contribution < 1.29 is 22.0 Å². The molecule has 0 atom stereocenters. The Balaban J connectivity index is 1.85. The normalized spacial score (nSPS) is 11.2. The fraction of sp³-hybridized carbons (Fsp3) is 0.0952. The van der Waals surface area contributed by atoms with E-state index in [-0.39, 0.29) is 12.1 Å². The minimum absolute atomic E-state index is 0.00445. The highest BCUT2D eigenvalue weighted by molar-refractivity contribution is 7.92. The van der Waals surface area contributed by atoms with Gasteiger partial charge >= 0.3 is 0 Å². The van der Waals surface area contributed by atoms with Crippen LogP contribution in [-0.4, -0.2) is 20.6 Å². The fourth-order valence-corrected chi connectivity index (χ4v) is 3.84. The monoisotopic (exact) mass is 450 g/mol. The predicted molar refractivity (Wildman–Crippen MR) is 113 cm³/mol. The summed E-state index contributed by atoms with van der Waals surface area (Å²) in [6, 6.07) is 15.7. The van der Waals surface area contributed by atoms with E-state index in [1.165, 1.54) is 30.3 Å². The van der Waals surface area contributed by atoms with E-state index in [1.807, 2.05) is 0 Å². The van der Waals surface area contributed by atoms with Crippen molar-refractivity contribution in [1.82, 2.24) is 0 Å². The molecule has 0 saturated carbocycles. The number of para-hydroxylation sites is 1. The summed E-state index contributed by atoms with van der Waals surface area (Å²) in [5.74, 6) is -2.53. The highest BCUT2D eigenvalue weighted by Crippen LogP contribution is 2.25. The van der Waals surface area contributed by atoms with E-state index >= 15 is 0 Å². The Morgan fingerprint density at radius 2 is 1.57 bits per heavy atom. The molecule has 0 spiro atoms. The van der Waals surface area contributed by atoms with Gasteiger partial charge in [0.25, 0.3) is 5.91 Å². The number of halogens is 3. The molecule has 9 heteroatoms. The molecule has 0 unspecified atom stereocenters. The van der Waals surface area contributed by atoms with Gasteiger partial charge in [0.1, 0.15) is 17.3 Å². The first-order valence-corrected chi connectivity index (χ1v) is 11.0. The van der Waals surface area contributed by atoms with Gasteiger partial charge in [0.2, 0.25) is 10.0 Å². The Labute approximate surface area is 178 Å². The number of hydrogen-bond acceptors (Lipinski definition) is 3. The summed E-state index contributed by atoms with van der Waals surface area (Å²) >= 11 is 6.14. The average Bonchev–Trinajstić information content (AvgIpc) is 2.69. The summed E-state index contributed by atoms with van der Waals surface area (Å²) in [5.41, 5.74) is 0.475. The van der Waals surface area contributed by atoms with Crippen molar-refractivity contribution in [3.8, 4) is 0 Å². The van der Waals surface area contributed by atoms with Crippen LogP contribution >= 0.6 is 11.6 Å². The maximum Gasteiger partial charge on any atom is 0.255 e. The van der Waals surface area contributed by atoms with Crippen LogP contribution in [0.5, 0.6) is 0 Å². The molecule has 0 saturated heterocycles. The van der Waals surface area contributed by atoms with Crippen molar-refractivity contribution in [2.24, 2.45) is 0 Å².